The molecule has 0 N–H and O–H groups in total. The van der Waals surface area contributed by atoms with E-state index in [-0.39, 0.29) is 17.1 Å². The minimum atomic E-state index is 0.1000. The highest BCUT2D eigenvalue weighted by Gasteiger charge is 2.50. The molecule has 1 unspecified atom stereocenters. The molecule has 2 fully saturated rings. The van der Waals surface area contributed by atoms with E-state index >= 15 is 0 Å². The van der Waals surface area contributed by atoms with Crippen molar-refractivity contribution in [3.8, 4) is 0 Å². The summed E-state index contributed by atoms with van der Waals surface area (Å²) in [7, 11) is 6.10. The van der Waals surface area contributed by atoms with Crippen LogP contribution in [0.3, 0.4) is 0 Å². The monoisotopic (exact) mass is 344 g/mol. The molecular weight excluding hydrogens is 312 g/mol. The number of methoxy groups -OCH3 is 1. The summed E-state index contributed by atoms with van der Waals surface area (Å²) in [6.07, 6.45) is 5.28. The Kier molecular flexibility index (Phi) is 5.21. The predicted octanol–water partition coefficient (Wildman–Crippen LogP) is 3.27. The fraction of sp³-hybridized carbons (Fsp3) is 0.667. The van der Waals surface area contributed by atoms with Gasteiger partial charge in [0, 0.05) is 32.2 Å². The summed E-state index contributed by atoms with van der Waals surface area (Å²) in [4.78, 5) is 16.9. The molecule has 1 amide bonds. The van der Waals surface area contributed by atoms with Gasteiger partial charge in [-0.15, -0.1) is 0 Å². The molecule has 0 bridgehead atoms. The number of carbonyl (C=O) groups excluding carboxylic acids is 1. The maximum atomic E-state index is 12.5. The second-order valence-corrected chi connectivity index (χ2v) is 8.29. The molecule has 3 rings (SSSR count). The molecule has 1 saturated carbocycles. The van der Waals surface area contributed by atoms with Crippen molar-refractivity contribution in [2.24, 2.45) is 5.41 Å². The normalized spacial score (nSPS) is 31.1. The zero-order valence-electron chi connectivity index (χ0n) is 16.1. The first-order chi connectivity index (χ1) is 11.9. The highest BCUT2D eigenvalue weighted by Crippen LogP contribution is 2.52. The summed E-state index contributed by atoms with van der Waals surface area (Å²) in [5.41, 5.74) is 1.67. The maximum Gasteiger partial charge on any atom is 0.223 e. The van der Waals surface area contributed by atoms with Gasteiger partial charge in [0.2, 0.25) is 5.91 Å². The molecule has 25 heavy (non-hydrogen) atoms. The minimum Gasteiger partial charge on any atom is -0.380 e. The number of ether oxygens (including phenoxy) is 1. The first-order valence-corrected chi connectivity index (χ1v) is 9.44. The van der Waals surface area contributed by atoms with E-state index in [0.29, 0.717) is 18.9 Å². The molecule has 1 aromatic rings. The molecule has 1 aliphatic heterocycles. The van der Waals surface area contributed by atoms with Gasteiger partial charge in [0.1, 0.15) is 0 Å². The second-order valence-electron chi connectivity index (χ2n) is 8.29. The van der Waals surface area contributed by atoms with E-state index < -0.39 is 0 Å². The van der Waals surface area contributed by atoms with E-state index in [1.165, 1.54) is 5.56 Å². The van der Waals surface area contributed by atoms with E-state index in [1.54, 1.807) is 7.11 Å². The standard InChI is InChI=1S/C21H32N2O2/c1-17(25-4)15-23-16-20(14-19(23)24)10-12-21(13-11-20,22(2)3)18-8-6-5-7-9-18/h5-9,17H,10-16H2,1-4H3. The van der Waals surface area contributed by atoms with Gasteiger partial charge in [-0.1, -0.05) is 30.3 Å². The Balaban J connectivity index is 1.73. The van der Waals surface area contributed by atoms with Crippen LogP contribution in [0.5, 0.6) is 0 Å². The first-order valence-electron chi connectivity index (χ1n) is 9.44. The Bertz CT molecular complexity index is 591. The quantitative estimate of drug-likeness (QED) is 0.822. The third-order valence-corrected chi connectivity index (χ3v) is 6.59. The van der Waals surface area contributed by atoms with Gasteiger partial charge < -0.3 is 9.64 Å². The van der Waals surface area contributed by atoms with E-state index in [1.807, 2.05) is 11.8 Å². The first kappa shape index (κ1) is 18.4. The molecule has 1 atom stereocenters. The average molecular weight is 344 g/mol. The summed E-state index contributed by atoms with van der Waals surface area (Å²) < 4.78 is 5.36. The van der Waals surface area contributed by atoms with E-state index in [4.69, 9.17) is 4.74 Å². The Hall–Kier alpha value is -1.39. The Morgan fingerprint density at radius 3 is 2.36 bits per heavy atom. The van der Waals surface area contributed by atoms with Crippen molar-refractivity contribution in [1.29, 1.82) is 0 Å². The van der Waals surface area contributed by atoms with Gasteiger partial charge in [-0.25, -0.2) is 0 Å². The van der Waals surface area contributed by atoms with Crippen molar-refractivity contribution in [1.82, 2.24) is 9.80 Å². The second kappa shape index (κ2) is 7.08. The van der Waals surface area contributed by atoms with Gasteiger partial charge in [0.25, 0.3) is 0 Å². The number of hydrogen-bond donors (Lipinski definition) is 0. The molecule has 1 heterocycles. The lowest BCUT2D eigenvalue weighted by Gasteiger charge is -2.49. The lowest BCUT2D eigenvalue weighted by molar-refractivity contribution is -0.129. The van der Waals surface area contributed by atoms with Crippen LogP contribution in [-0.4, -0.2) is 56.1 Å². The maximum absolute atomic E-state index is 12.5. The smallest absolute Gasteiger partial charge is 0.223 e. The van der Waals surface area contributed by atoms with Crippen molar-refractivity contribution < 1.29 is 9.53 Å². The highest BCUT2D eigenvalue weighted by molar-refractivity contribution is 5.79. The summed E-state index contributed by atoms with van der Waals surface area (Å²) in [6.45, 7) is 3.65. The molecule has 138 valence electrons. The predicted molar refractivity (Wildman–Crippen MR) is 100 cm³/mol. The van der Waals surface area contributed by atoms with Crippen molar-refractivity contribution in [3.63, 3.8) is 0 Å². The number of hydrogen-bond acceptors (Lipinski definition) is 3. The number of rotatable bonds is 5. The van der Waals surface area contributed by atoms with Gasteiger partial charge in [-0.2, -0.15) is 0 Å². The lowest BCUT2D eigenvalue weighted by Crippen LogP contribution is -2.47. The SMILES string of the molecule is COC(C)CN1CC2(CCC(c3ccccc3)(N(C)C)CC2)CC1=O. The van der Waals surface area contributed by atoms with Crippen molar-refractivity contribution in [3.05, 3.63) is 35.9 Å². The molecule has 0 radical (unpaired) electrons. The van der Waals surface area contributed by atoms with Gasteiger partial charge in [0.05, 0.1) is 6.10 Å². The number of carbonyl (C=O) groups is 1. The molecule has 2 aliphatic rings. The van der Waals surface area contributed by atoms with Gasteiger partial charge in [-0.05, 0) is 57.7 Å². The lowest BCUT2D eigenvalue weighted by atomic mass is 9.64. The van der Waals surface area contributed by atoms with Gasteiger partial charge in [0.15, 0.2) is 0 Å². The number of likely N-dealkylation sites (tertiary alicyclic amines) is 1. The Morgan fingerprint density at radius 1 is 1.16 bits per heavy atom. The molecule has 1 aliphatic carbocycles. The average Bonchev–Trinajstić information content (AvgIpc) is 2.91. The van der Waals surface area contributed by atoms with Crippen molar-refractivity contribution in [2.45, 2.75) is 50.7 Å². The third-order valence-electron chi connectivity index (χ3n) is 6.59. The summed E-state index contributed by atoms with van der Waals surface area (Å²) in [5, 5.41) is 0. The van der Waals surface area contributed by atoms with Crippen LogP contribution in [0, 0.1) is 5.41 Å². The van der Waals surface area contributed by atoms with E-state index in [2.05, 4.69) is 49.3 Å². The molecule has 1 aromatic carbocycles. The zero-order valence-corrected chi connectivity index (χ0v) is 16.1. The van der Waals surface area contributed by atoms with Gasteiger partial charge >= 0.3 is 0 Å². The molecule has 1 spiro atoms. The van der Waals surface area contributed by atoms with Gasteiger partial charge in [-0.3, -0.25) is 9.69 Å². The van der Waals surface area contributed by atoms with Crippen LogP contribution in [-0.2, 0) is 15.1 Å². The Labute approximate surface area is 152 Å². The zero-order chi connectivity index (χ0) is 18.1. The highest BCUT2D eigenvalue weighted by atomic mass is 16.5. The van der Waals surface area contributed by atoms with Crippen LogP contribution in [0.25, 0.3) is 0 Å². The summed E-state index contributed by atoms with van der Waals surface area (Å²) >= 11 is 0. The molecule has 1 saturated heterocycles. The summed E-state index contributed by atoms with van der Waals surface area (Å²) in [5.74, 6) is 0.306. The van der Waals surface area contributed by atoms with Crippen LogP contribution >= 0.6 is 0 Å². The molecular formula is C21H32N2O2. The van der Waals surface area contributed by atoms with Crippen LogP contribution in [0.4, 0.5) is 0 Å². The van der Waals surface area contributed by atoms with E-state index in [0.717, 1.165) is 32.2 Å². The summed E-state index contributed by atoms with van der Waals surface area (Å²) in [6, 6.07) is 10.9. The number of amides is 1. The van der Waals surface area contributed by atoms with Crippen LogP contribution in [0.1, 0.15) is 44.6 Å². The third kappa shape index (κ3) is 3.47. The van der Waals surface area contributed by atoms with E-state index in [9.17, 15) is 4.79 Å². The minimum absolute atomic E-state index is 0.1000. The Morgan fingerprint density at radius 2 is 1.80 bits per heavy atom. The molecule has 4 heteroatoms. The molecule has 0 aromatic heterocycles. The number of benzene rings is 1. The van der Waals surface area contributed by atoms with Crippen LogP contribution < -0.4 is 0 Å². The number of nitrogens with zero attached hydrogens (tertiary/aromatic N) is 2. The largest absolute Gasteiger partial charge is 0.380 e. The van der Waals surface area contributed by atoms with Crippen LogP contribution in [0.15, 0.2) is 30.3 Å². The fourth-order valence-electron chi connectivity index (χ4n) is 4.80. The molecule has 4 nitrogen and oxygen atoms in total. The topological polar surface area (TPSA) is 32.8 Å². The van der Waals surface area contributed by atoms with Crippen LogP contribution in [0.2, 0.25) is 0 Å². The fourth-order valence-corrected chi connectivity index (χ4v) is 4.80. The van der Waals surface area contributed by atoms with Crippen molar-refractivity contribution >= 4 is 5.91 Å². The van der Waals surface area contributed by atoms with Crippen molar-refractivity contribution in [2.75, 3.05) is 34.3 Å².